The van der Waals surface area contributed by atoms with Gasteiger partial charge in [0.2, 0.25) is 0 Å². The molecule has 0 aromatic heterocycles. The largest absolute Gasteiger partial charge is 1.00 e. The Bertz CT molecular complexity index is 94.7. The van der Waals surface area contributed by atoms with E-state index in [1.54, 1.807) is 0 Å². The maximum atomic E-state index is 9.45. The van der Waals surface area contributed by atoms with Gasteiger partial charge in [0.25, 0.3) is 0 Å². The van der Waals surface area contributed by atoms with E-state index in [1.807, 2.05) is 0 Å². The minimum atomic E-state index is -3.08. The van der Waals surface area contributed by atoms with E-state index < -0.39 is 8.77 Å². The second-order valence-corrected chi connectivity index (χ2v) is 3.93. The molecule has 0 bridgehead atoms. The van der Waals surface area contributed by atoms with Crippen LogP contribution in [0.15, 0.2) is 0 Å². The van der Waals surface area contributed by atoms with Gasteiger partial charge in [0, 0.05) is 6.26 Å². The summed E-state index contributed by atoms with van der Waals surface area (Å²) >= 11 is 3.80. The minimum absolute atomic E-state index is 0. The normalized spacial score (nSPS) is 17.7. The van der Waals surface area contributed by atoms with Crippen molar-refractivity contribution >= 4 is 20.0 Å². The predicted molar refractivity (Wildman–Crippen MR) is 22.2 cm³/mol. The zero-order valence-corrected chi connectivity index (χ0v) is 5.27. The maximum Gasteiger partial charge on any atom is 1.00 e. The number of hydrogen-bond acceptors (Lipinski definition) is 3. The van der Waals surface area contributed by atoms with Gasteiger partial charge < -0.3 is 4.55 Å². The molecular weight excluding hydrogens is 115 g/mol. The molecular formula is CH3LiO2S2. The Kier molecular flexibility index (Phi) is 5.01. The molecule has 0 aliphatic carbocycles. The van der Waals surface area contributed by atoms with Crippen LogP contribution in [0, 0.1) is 0 Å². The summed E-state index contributed by atoms with van der Waals surface area (Å²) in [4.78, 5) is 0. The first kappa shape index (κ1) is 10.0. The van der Waals surface area contributed by atoms with Crippen LogP contribution in [0.25, 0.3) is 0 Å². The second-order valence-electron chi connectivity index (χ2n) is 0.704. The summed E-state index contributed by atoms with van der Waals surface area (Å²) < 4.78 is 18.9. The number of rotatable bonds is 0. The van der Waals surface area contributed by atoms with Crippen LogP contribution in [0.5, 0.6) is 0 Å². The Morgan fingerprint density at radius 2 is 1.83 bits per heavy atom. The summed E-state index contributed by atoms with van der Waals surface area (Å²) in [5.41, 5.74) is 0. The molecule has 0 fully saturated rings. The third-order valence-corrected chi connectivity index (χ3v) is 0. The van der Waals surface area contributed by atoms with Crippen LogP contribution in [0.2, 0.25) is 0 Å². The van der Waals surface area contributed by atoms with Crippen molar-refractivity contribution in [2.45, 2.75) is 0 Å². The van der Waals surface area contributed by atoms with Gasteiger partial charge in [-0.1, -0.05) is 0 Å². The van der Waals surface area contributed by atoms with Gasteiger partial charge >= 0.3 is 18.9 Å². The smallest absolute Gasteiger partial charge is 0.770 e. The summed E-state index contributed by atoms with van der Waals surface area (Å²) in [7, 11) is -3.08. The van der Waals surface area contributed by atoms with Gasteiger partial charge in [-0.15, -0.1) is 0 Å². The molecule has 5 heteroatoms. The molecule has 0 aliphatic rings. The first-order valence-electron chi connectivity index (χ1n) is 0.908. The van der Waals surface area contributed by atoms with Gasteiger partial charge in [0.15, 0.2) is 0 Å². The van der Waals surface area contributed by atoms with Crippen molar-refractivity contribution in [3.63, 3.8) is 0 Å². The fraction of sp³-hybridized carbons (Fsp3) is 1.00. The molecule has 0 radical (unpaired) electrons. The number of hydrogen-bond donors (Lipinski definition) is 0. The van der Waals surface area contributed by atoms with Gasteiger partial charge in [-0.25, -0.2) is 0 Å². The molecule has 0 rings (SSSR count). The van der Waals surface area contributed by atoms with Crippen LogP contribution in [-0.4, -0.2) is 15.0 Å². The Labute approximate surface area is 54.0 Å². The van der Waals surface area contributed by atoms with Crippen LogP contribution in [0.4, 0.5) is 0 Å². The maximum absolute atomic E-state index is 9.45. The summed E-state index contributed by atoms with van der Waals surface area (Å²) in [6.45, 7) is 0. The van der Waals surface area contributed by atoms with E-state index in [9.17, 15) is 8.76 Å². The summed E-state index contributed by atoms with van der Waals surface area (Å²) in [6, 6.07) is 0. The van der Waals surface area contributed by atoms with Gasteiger partial charge in [0.1, 0.15) is 0 Å². The van der Waals surface area contributed by atoms with E-state index in [-0.39, 0.29) is 18.9 Å². The Morgan fingerprint density at radius 1 is 1.83 bits per heavy atom. The zero-order chi connectivity index (χ0) is 4.50. The van der Waals surface area contributed by atoms with E-state index >= 15 is 0 Å². The standard InChI is InChI=1S/CH4O2S2.Li/c1-5(2,3)4;/h1H3,(H,2,3,4);/q;+1/p-1. The molecule has 0 aliphatic heterocycles. The monoisotopic (exact) mass is 118 g/mol. The molecule has 0 amide bonds. The van der Waals surface area contributed by atoms with Crippen molar-refractivity contribution in [2.24, 2.45) is 0 Å². The van der Waals surface area contributed by atoms with Gasteiger partial charge in [-0.3, -0.25) is 4.21 Å². The molecule has 1 unspecified atom stereocenters. The molecule has 32 valence electrons. The van der Waals surface area contributed by atoms with E-state index in [0.29, 0.717) is 0 Å². The van der Waals surface area contributed by atoms with Crippen LogP contribution in [0.1, 0.15) is 0 Å². The topological polar surface area (TPSA) is 40.1 Å². The Balaban J connectivity index is 0. The Hall–Kier alpha value is 0.927. The van der Waals surface area contributed by atoms with Crippen LogP contribution in [-0.2, 0) is 20.0 Å². The summed E-state index contributed by atoms with van der Waals surface area (Å²) in [5.74, 6) is 0. The molecule has 0 saturated heterocycles. The molecule has 0 aromatic rings. The van der Waals surface area contributed by atoms with Crippen LogP contribution < -0.4 is 18.9 Å². The third-order valence-electron chi connectivity index (χ3n) is 0. The fourth-order valence-corrected chi connectivity index (χ4v) is 0. The first-order valence-corrected chi connectivity index (χ1v) is 3.72. The molecule has 6 heavy (non-hydrogen) atoms. The van der Waals surface area contributed by atoms with Crippen molar-refractivity contribution in [3.8, 4) is 0 Å². The van der Waals surface area contributed by atoms with E-state index in [4.69, 9.17) is 0 Å². The van der Waals surface area contributed by atoms with Gasteiger partial charge in [0.05, 0.1) is 0 Å². The van der Waals surface area contributed by atoms with Crippen molar-refractivity contribution in [1.29, 1.82) is 0 Å². The summed E-state index contributed by atoms with van der Waals surface area (Å²) in [5, 5.41) is 0. The van der Waals surface area contributed by atoms with Crippen molar-refractivity contribution in [3.05, 3.63) is 0 Å². The van der Waals surface area contributed by atoms with E-state index in [1.165, 1.54) is 0 Å². The molecule has 1 atom stereocenters. The van der Waals surface area contributed by atoms with Crippen LogP contribution in [0.3, 0.4) is 0 Å². The molecule has 0 spiro atoms. The summed E-state index contributed by atoms with van der Waals surface area (Å²) in [6.07, 6.45) is 0.975. The minimum Gasteiger partial charge on any atom is -0.770 e. The van der Waals surface area contributed by atoms with E-state index in [2.05, 4.69) is 11.2 Å². The average Bonchev–Trinajstić information content (AvgIpc) is 0.722. The van der Waals surface area contributed by atoms with E-state index in [0.717, 1.165) is 6.26 Å². The second kappa shape index (κ2) is 3.00. The quantitative estimate of drug-likeness (QED) is 0.310. The third kappa shape index (κ3) is 88.4. The first-order chi connectivity index (χ1) is 2.00. The van der Waals surface area contributed by atoms with Crippen LogP contribution >= 0.6 is 0 Å². The van der Waals surface area contributed by atoms with Gasteiger partial charge in [-0.05, 0) is 20.0 Å². The average molecular weight is 118 g/mol. The molecule has 0 aromatic carbocycles. The predicted octanol–water partition coefficient (Wildman–Crippen LogP) is -3.50. The van der Waals surface area contributed by atoms with Crippen molar-refractivity contribution in [1.82, 2.24) is 0 Å². The van der Waals surface area contributed by atoms with Crippen molar-refractivity contribution < 1.29 is 27.6 Å². The molecule has 0 N–H and O–H groups in total. The van der Waals surface area contributed by atoms with Gasteiger partial charge in [-0.2, -0.15) is 0 Å². The van der Waals surface area contributed by atoms with Crippen molar-refractivity contribution in [2.75, 3.05) is 6.26 Å². The molecule has 2 nitrogen and oxygen atoms in total. The fourth-order valence-electron chi connectivity index (χ4n) is 0. The molecule has 0 saturated carbocycles. The Morgan fingerprint density at radius 3 is 1.83 bits per heavy atom. The SMILES string of the molecule is CS(=O)([O-])=S.[Li+]. The zero-order valence-electron chi connectivity index (χ0n) is 3.63. The molecule has 0 heterocycles.